The van der Waals surface area contributed by atoms with Crippen molar-refractivity contribution in [2.75, 3.05) is 23.3 Å². The van der Waals surface area contributed by atoms with E-state index >= 15 is 0 Å². The van der Waals surface area contributed by atoms with Crippen LogP contribution < -0.4 is 16.0 Å². The van der Waals surface area contributed by atoms with Gasteiger partial charge in [0.15, 0.2) is 0 Å². The SMILES string of the molecule is CCN(CC)c1ccc(NC(=O)[C@@H](N)Cc2ccccc2)c(C)c1. The maximum Gasteiger partial charge on any atom is 0.241 e. The molecular weight excluding hydrogens is 298 g/mol. The molecule has 0 unspecified atom stereocenters. The molecule has 4 nitrogen and oxygen atoms in total. The normalized spacial score (nSPS) is 11.8. The maximum absolute atomic E-state index is 12.4. The molecule has 24 heavy (non-hydrogen) atoms. The van der Waals surface area contributed by atoms with Crippen LogP contribution in [-0.2, 0) is 11.2 Å². The minimum atomic E-state index is -0.561. The van der Waals surface area contributed by atoms with Crippen molar-refractivity contribution in [2.24, 2.45) is 5.73 Å². The second-order valence-corrected chi connectivity index (χ2v) is 5.96. The lowest BCUT2D eigenvalue weighted by atomic mass is 10.1. The maximum atomic E-state index is 12.4. The number of benzene rings is 2. The van der Waals surface area contributed by atoms with Crippen molar-refractivity contribution in [1.29, 1.82) is 0 Å². The Bertz CT molecular complexity index is 666. The van der Waals surface area contributed by atoms with Gasteiger partial charge in [-0.2, -0.15) is 0 Å². The summed E-state index contributed by atoms with van der Waals surface area (Å²) in [7, 11) is 0. The van der Waals surface area contributed by atoms with Crippen molar-refractivity contribution < 1.29 is 4.79 Å². The van der Waals surface area contributed by atoms with Gasteiger partial charge in [-0.05, 0) is 56.5 Å². The van der Waals surface area contributed by atoms with E-state index in [0.717, 1.165) is 29.9 Å². The molecular formula is C20H27N3O. The summed E-state index contributed by atoms with van der Waals surface area (Å²) < 4.78 is 0. The molecule has 2 aromatic rings. The van der Waals surface area contributed by atoms with Crippen LogP contribution in [0.15, 0.2) is 48.5 Å². The number of hydrogen-bond acceptors (Lipinski definition) is 3. The fourth-order valence-electron chi connectivity index (χ4n) is 2.76. The Balaban J connectivity index is 2.03. The third kappa shape index (κ3) is 4.59. The molecule has 0 spiro atoms. The molecule has 4 heteroatoms. The number of anilines is 2. The number of nitrogens with two attached hydrogens (primary N) is 1. The number of nitrogens with one attached hydrogen (secondary N) is 1. The van der Waals surface area contributed by atoms with Crippen molar-refractivity contribution in [3.63, 3.8) is 0 Å². The quantitative estimate of drug-likeness (QED) is 0.821. The topological polar surface area (TPSA) is 58.4 Å². The van der Waals surface area contributed by atoms with Crippen LogP contribution >= 0.6 is 0 Å². The fourth-order valence-corrected chi connectivity index (χ4v) is 2.76. The molecule has 1 atom stereocenters. The van der Waals surface area contributed by atoms with E-state index in [9.17, 15) is 4.79 Å². The molecule has 0 bridgehead atoms. The number of nitrogens with zero attached hydrogens (tertiary/aromatic N) is 1. The lowest BCUT2D eigenvalue weighted by Crippen LogP contribution is -2.37. The van der Waals surface area contributed by atoms with E-state index in [-0.39, 0.29) is 5.91 Å². The molecule has 1 amide bonds. The van der Waals surface area contributed by atoms with Crippen LogP contribution in [0.1, 0.15) is 25.0 Å². The molecule has 0 aliphatic carbocycles. The van der Waals surface area contributed by atoms with Crippen molar-refractivity contribution in [1.82, 2.24) is 0 Å². The first kappa shape index (κ1) is 18.0. The second kappa shape index (κ2) is 8.50. The molecule has 128 valence electrons. The van der Waals surface area contributed by atoms with Crippen LogP contribution in [0.4, 0.5) is 11.4 Å². The van der Waals surface area contributed by atoms with Crippen molar-refractivity contribution in [2.45, 2.75) is 33.2 Å². The van der Waals surface area contributed by atoms with Crippen molar-refractivity contribution in [3.05, 3.63) is 59.7 Å². The summed E-state index contributed by atoms with van der Waals surface area (Å²) >= 11 is 0. The van der Waals surface area contributed by atoms with E-state index < -0.39 is 6.04 Å². The number of carbonyl (C=O) groups excluding carboxylic acids is 1. The largest absolute Gasteiger partial charge is 0.372 e. The van der Waals surface area contributed by atoms with Crippen LogP contribution in [0.3, 0.4) is 0 Å². The van der Waals surface area contributed by atoms with Crippen LogP contribution in [0, 0.1) is 6.92 Å². The summed E-state index contributed by atoms with van der Waals surface area (Å²) in [4.78, 5) is 14.6. The molecule has 2 rings (SSSR count). The number of rotatable bonds is 7. The third-order valence-electron chi connectivity index (χ3n) is 4.23. The van der Waals surface area contributed by atoms with E-state index in [4.69, 9.17) is 5.73 Å². The minimum absolute atomic E-state index is 0.155. The van der Waals surface area contributed by atoms with Gasteiger partial charge in [0.05, 0.1) is 6.04 Å². The van der Waals surface area contributed by atoms with E-state index in [1.165, 1.54) is 5.69 Å². The minimum Gasteiger partial charge on any atom is -0.372 e. The van der Waals surface area contributed by atoms with Crippen LogP contribution in [0.2, 0.25) is 0 Å². The molecule has 0 aromatic heterocycles. The average Bonchev–Trinajstić information content (AvgIpc) is 2.59. The first-order valence-electron chi connectivity index (χ1n) is 8.51. The summed E-state index contributed by atoms with van der Waals surface area (Å²) in [6, 6.07) is 15.4. The Morgan fingerprint density at radius 1 is 1.12 bits per heavy atom. The van der Waals surface area contributed by atoms with Gasteiger partial charge < -0.3 is 16.0 Å². The Morgan fingerprint density at radius 2 is 1.79 bits per heavy atom. The Kier molecular flexibility index (Phi) is 6.38. The molecule has 0 saturated carbocycles. The van der Waals surface area contributed by atoms with E-state index in [1.807, 2.05) is 49.4 Å². The smallest absolute Gasteiger partial charge is 0.241 e. The Morgan fingerprint density at radius 3 is 2.38 bits per heavy atom. The fraction of sp³-hybridized carbons (Fsp3) is 0.350. The zero-order valence-corrected chi connectivity index (χ0v) is 14.8. The van der Waals surface area contributed by atoms with Crippen LogP contribution in [0.25, 0.3) is 0 Å². The highest BCUT2D eigenvalue weighted by Crippen LogP contribution is 2.22. The number of carbonyl (C=O) groups is 1. The monoisotopic (exact) mass is 325 g/mol. The lowest BCUT2D eigenvalue weighted by molar-refractivity contribution is -0.117. The highest BCUT2D eigenvalue weighted by Gasteiger charge is 2.15. The molecule has 0 heterocycles. The number of aryl methyl sites for hydroxylation is 1. The van der Waals surface area contributed by atoms with E-state index in [0.29, 0.717) is 6.42 Å². The Hall–Kier alpha value is -2.33. The van der Waals surface area contributed by atoms with Crippen molar-refractivity contribution in [3.8, 4) is 0 Å². The summed E-state index contributed by atoms with van der Waals surface area (Å²) in [5, 5.41) is 2.95. The molecule has 2 aromatic carbocycles. The predicted molar refractivity (Wildman–Crippen MR) is 101 cm³/mol. The van der Waals surface area contributed by atoms with Gasteiger partial charge in [0, 0.05) is 24.5 Å². The van der Waals surface area contributed by atoms with Gasteiger partial charge in [-0.25, -0.2) is 0 Å². The lowest BCUT2D eigenvalue weighted by Gasteiger charge is -2.22. The molecule has 0 aliphatic rings. The number of amides is 1. The highest BCUT2D eigenvalue weighted by atomic mass is 16.2. The summed E-state index contributed by atoms with van der Waals surface area (Å²) in [5.41, 5.74) is 10.1. The highest BCUT2D eigenvalue weighted by molar-refractivity contribution is 5.95. The van der Waals surface area contributed by atoms with Gasteiger partial charge in [-0.1, -0.05) is 30.3 Å². The van der Waals surface area contributed by atoms with Gasteiger partial charge in [0.2, 0.25) is 5.91 Å². The molecule has 0 saturated heterocycles. The van der Waals surface area contributed by atoms with Gasteiger partial charge in [0.25, 0.3) is 0 Å². The summed E-state index contributed by atoms with van der Waals surface area (Å²) in [6.45, 7) is 8.20. The van der Waals surface area contributed by atoms with Crippen LogP contribution in [0.5, 0.6) is 0 Å². The Labute approximate surface area is 144 Å². The number of hydrogen-bond donors (Lipinski definition) is 2. The van der Waals surface area contributed by atoms with Gasteiger partial charge in [-0.3, -0.25) is 4.79 Å². The van der Waals surface area contributed by atoms with Crippen LogP contribution in [-0.4, -0.2) is 25.0 Å². The molecule has 0 radical (unpaired) electrons. The van der Waals surface area contributed by atoms with E-state index in [1.54, 1.807) is 0 Å². The first-order chi connectivity index (χ1) is 11.5. The third-order valence-corrected chi connectivity index (χ3v) is 4.23. The van der Waals surface area contributed by atoms with Gasteiger partial charge >= 0.3 is 0 Å². The standard InChI is InChI=1S/C20H27N3O/c1-4-23(5-2)17-11-12-19(15(3)13-17)22-20(24)18(21)14-16-9-7-6-8-10-16/h6-13,18H,4-5,14,21H2,1-3H3,(H,22,24)/t18-/m0/s1. The van der Waals surface area contributed by atoms with Gasteiger partial charge in [0.1, 0.15) is 0 Å². The second-order valence-electron chi connectivity index (χ2n) is 5.96. The van der Waals surface area contributed by atoms with Gasteiger partial charge in [-0.15, -0.1) is 0 Å². The summed E-state index contributed by atoms with van der Waals surface area (Å²) in [6.07, 6.45) is 0.531. The van der Waals surface area contributed by atoms with E-state index in [2.05, 4.69) is 30.1 Å². The zero-order valence-electron chi connectivity index (χ0n) is 14.8. The average molecular weight is 325 g/mol. The molecule has 0 fully saturated rings. The van der Waals surface area contributed by atoms with Crippen molar-refractivity contribution >= 4 is 17.3 Å². The zero-order chi connectivity index (χ0) is 17.5. The first-order valence-corrected chi connectivity index (χ1v) is 8.51. The predicted octanol–water partition coefficient (Wildman–Crippen LogP) is 3.35. The molecule has 0 aliphatic heterocycles. The molecule has 3 N–H and O–H groups in total. The summed E-state index contributed by atoms with van der Waals surface area (Å²) in [5.74, 6) is -0.155.